The molecule has 0 saturated heterocycles. The van der Waals surface area contributed by atoms with Gasteiger partial charge in [0.15, 0.2) is 0 Å². The standard InChI is InChI=1S/C11H24ClNO/c1-4-6-14-7-5-13-11(9-12)8-10(2)3/h10-11,13H,4-9H2,1-3H3. The lowest BCUT2D eigenvalue weighted by molar-refractivity contribution is 0.134. The molecular weight excluding hydrogens is 198 g/mol. The molecule has 0 aromatic rings. The van der Waals surface area contributed by atoms with Crippen LogP contribution in [0.3, 0.4) is 0 Å². The first-order chi connectivity index (χ1) is 6.70. The number of nitrogens with one attached hydrogen (secondary N) is 1. The molecule has 0 heterocycles. The third kappa shape index (κ3) is 8.79. The Kier molecular flexibility index (Phi) is 9.90. The largest absolute Gasteiger partial charge is 0.380 e. The van der Waals surface area contributed by atoms with Gasteiger partial charge in [-0.15, -0.1) is 11.6 Å². The van der Waals surface area contributed by atoms with Crippen LogP contribution in [0.4, 0.5) is 0 Å². The molecular formula is C11H24ClNO. The average molecular weight is 222 g/mol. The minimum Gasteiger partial charge on any atom is -0.380 e. The zero-order valence-corrected chi connectivity index (χ0v) is 10.4. The van der Waals surface area contributed by atoms with Crippen LogP contribution in [0.15, 0.2) is 0 Å². The molecule has 0 saturated carbocycles. The molecule has 0 amide bonds. The van der Waals surface area contributed by atoms with Crippen molar-refractivity contribution in [3.8, 4) is 0 Å². The van der Waals surface area contributed by atoms with Gasteiger partial charge in [-0.25, -0.2) is 0 Å². The van der Waals surface area contributed by atoms with E-state index in [0.29, 0.717) is 17.8 Å². The summed E-state index contributed by atoms with van der Waals surface area (Å²) in [5, 5.41) is 3.40. The topological polar surface area (TPSA) is 21.3 Å². The van der Waals surface area contributed by atoms with Crippen LogP contribution in [0.2, 0.25) is 0 Å². The van der Waals surface area contributed by atoms with Gasteiger partial charge in [-0.1, -0.05) is 20.8 Å². The molecule has 0 aliphatic carbocycles. The van der Waals surface area contributed by atoms with E-state index in [1.54, 1.807) is 0 Å². The highest BCUT2D eigenvalue weighted by Crippen LogP contribution is 2.05. The van der Waals surface area contributed by atoms with Crippen LogP contribution in [0.25, 0.3) is 0 Å². The van der Waals surface area contributed by atoms with Crippen molar-refractivity contribution in [2.24, 2.45) is 5.92 Å². The summed E-state index contributed by atoms with van der Waals surface area (Å²) in [6.45, 7) is 9.11. The summed E-state index contributed by atoms with van der Waals surface area (Å²) in [6, 6.07) is 0.432. The van der Waals surface area contributed by atoms with E-state index in [1.807, 2.05) is 0 Å². The van der Waals surface area contributed by atoms with Crippen LogP contribution in [-0.4, -0.2) is 31.7 Å². The predicted octanol–water partition coefficient (Wildman–Crippen LogP) is 2.66. The number of hydrogen-bond donors (Lipinski definition) is 1. The highest BCUT2D eigenvalue weighted by atomic mass is 35.5. The monoisotopic (exact) mass is 221 g/mol. The van der Waals surface area contributed by atoms with E-state index in [1.165, 1.54) is 0 Å². The van der Waals surface area contributed by atoms with Crippen molar-refractivity contribution in [2.75, 3.05) is 25.6 Å². The zero-order chi connectivity index (χ0) is 10.8. The van der Waals surface area contributed by atoms with E-state index in [2.05, 4.69) is 26.1 Å². The lowest BCUT2D eigenvalue weighted by Gasteiger charge is -2.17. The molecule has 0 aliphatic rings. The first kappa shape index (κ1) is 14.2. The van der Waals surface area contributed by atoms with Gasteiger partial charge in [-0.2, -0.15) is 0 Å². The molecule has 0 radical (unpaired) electrons. The molecule has 0 bridgehead atoms. The summed E-state index contributed by atoms with van der Waals surface area (Å²) in [6.07, 6.45) is 2.22. The lowest BCUT2D eigenvalue weighted by atomic mass is 10.1. The number of alkyl halides is 1. The number of halogens is 1. The predicted molar refractivity (Wildman–Crippen MR) is 63.1 cm³/mol. The number of rotatable bonds is 9. The molecule has 0 fully saturated rings. The summed E-state index contributed by atoms with van der Waals surface area (Å²) in [4.78, 5) is 0. The highest BCUT2D eigenvalue weighted by Gasteiger charge is 2.07. The summed E-state index contributed by atoms with van der Waals surface area (Å²) in [5.74, 6) is 1.38. The molecule has 86 valence electrons. The Morgan fingerprint density at radius 3 is 2.50 bits per heavy atom. The van der Waals surface area contributed by atoms with E-state index in [9.17, 15) is 0 Å². The third-order valence-electron chi connectivity index (χ3n) is 1.97. The summed E-state index contributed by atoms with van der Waals surface area (Å²) in [5.41, 5.74) is 0. The second-order valence-electron chi connectivity index (χ2n) is 4.05. The smallest absolute Gasteiger partial charge is 0.0591 e. The lowest BCUT2D eigenvalue weighted by Crippen LogP contribution is -2.34. The van der Waals surface area contributed by atoms with E-state index in [-0.39, 0.29) is 0 Å². The third-order valence-corrected chi connectivity index (χ3v) is 2.34. The molecule has 0 rings (SSSR count). The van der Waals surface area contributed by atoms with Crippen LogP contribution >= 0.6 is 11.6 Å². The fourth-order valence-corrected chi connectivity index (χ4v) is 1.59. The first-order valence-corrected chi connectivity index (χ1v) is 6.11. The van der Waals surface area contributed by atoms with Crippen LogP contribution in [0.1, 0.15) is 33.6 Å². The Labute approximate surface area is 93.4 Å². The Morgan fingerprint density at radius 1 is 1.29 bits per heavy atom. The van der Waals surface area contributed by atoms with Gasteiger partial charge in [0.05, 0.1) is 6.61 Å². The Bertz CT molecular complexity index is 120. The zero-order valence-electron chi connectivity index (χ0n) is 9.68. The minimum absolute atomic E-state index is 0.432. The van der Waals surface area contributed by atoms with Crippen molar-refractivity contribution in [3.63, 3.8) is 0 Å². The molecule has 14 heavy (non-hydrogen) atoms. The van der Waals surface area contributed by atoms with Gasteiger partial charge in [0.25, 0.3) is 0 Å². The Hall–Kier alpha value is 0.210. The minimum atomic E-state index is 0.432. The molecule has 0 aliphatic heterocycles. The van der Waals surface area contributed by atoms with Gasteiger partial charge >= 0.3 is 0 Å². The van der Waals surface area contributed by atoms with E-state index in [0.717, 1.165) is 32.6 Å². The molecule has 0 spiro atoms. The van der Waals surface area contributed by atoms with Crippen molar-refractivity contribution >= 4 is 11.6 Å². The summed E-state index contributed by atoms with van der Waals surface area (Å²) < 4.78 is 5.38. The van der Waals surface area contributed by atoms with Crippen molar-refractivity contribution in [2.45, 2.75) is 39.7 Å². The SMILES string of the molecule is CCCOCCNC(CCl)CC(C)C. The van der Waals surface area contributed by atoms with Gasteiger partial charge in [0.1, 0.15) is 0 Å². The maximum atomic E-state index is 5.85. The first-order valence-electron chi connectivity index (χ1n) is 5.57. The van der Waals surface area contributed by atoms with Crippen LogP contribution in [-0.2, 0) is 4.74 Å². The number of ether oxygens (including phenoxy) is 1. The maximum Gasteiger partial charge on any atom is 0.0591 e. The Morgan fingerprint density at radius 2 is 2.00 bits per heavy atom. The molecule has 1 N–H and O–H groups in total. The van der Waals surface area contributed by atoms with E-state index in [4.69, 9.17) is 16.3 Å². The van der Waals surface area contributed by atoms with Crippen LogP contribution in [0, 0.1) is 5.92 Å². The van der Waals surface area contributed by atoms with Crippen molar-refractivity contribution in [1.82, 2.24) is 5.32 Å². The van der Waals surface area contributed by atoms with Crippen molar-refractivity contribution < 1.29 is 4.74 Å². The maximum absolute atomic E-state index is 5.85. The van der Waals surface area contributed by atoms with Gasteiger partial charge < -0.3 is 10.1 Å². The molecule has 2 nitrogen and oxygen atoms in total. The molecule has 3 heteroatoms. The van der Waals surface area contributed by atoms with Gasteiger partial charge in [0, 0.05) is 25.1 Å². The highest BCUT2D eigenvalue weighted by molar-refractivity contribution is 6.18. The molecule has 0 aromatic heterocycles. The second-order valence-corrected chi connectivity index (χ2v) is 4.36. The van der Waals surface area contributed by atoms with Gasteiger partial charge in [0.2, 0.25) is 0 Å². The molecule has 1 unspecified atom stereocenters. The average Bonchev–Trinajstić information content (AvgIpc) is 2.15. The van der Waals surface area contributed by atoms with Gasteiger partial charge in [-0.05, 0) is 18.8 Å². The van der Waals surface area contributed by atoms with Crippen LogP contribution in [0.5, 0.6) is 0 Å². The van der Waals surface area contributed by atoms with Crippen molar-refractivity contribution in [3.05, 3.63) is 0 Å². The fraction of sp³-hybridized carbons (Fsp3) is 1.00. The van der Waals surface area contributed by atoms with Crippen molar-refractivity contribution in [1.29, 1.82) is 0 Å². The fourth-order valence-electron chi connectivity index (χ4n) is 1.35. The van der Waals surface area contributed by atoms with E-state index < -0.39 is 0 Å². The second kappa shape index (κ2) is 9.75. The van der Waals surface area contributed by atoms with Gasteiger partial charge in [-0.3, -0.25) is 0 Å². The van der Waals surface area contributed by atoms with E-state index >= 15 is 0 Å². The van der Waals surface area contributed by atoms with Crippen LogP contribution < -0.4 is 5.32 Å². The molecule has 0 aromatic carbocycles. The number of hydrogen-bond acceptors (Lipinski definition) is 2. The summed E-state index contributed by atoms with van der Waals surface area (Å²) in [7, 11) is 0. The quantitative estimate of drug-likeness (QED) is 0.478. The normalized spacial score (nSPS) is 13.5. The molecule has 1 atom stereocenters. The summed E-state index contributed by atoms with van der Waals surface area (Å²) >= 11 is 5.85. The Balaban J connectivity index is 3.33.